The fraction of sp³-hybridized carbons (Fsp3) is 0. The second kappa shape index (κ2) is 33.2. The average molecular weight is 1650 g/mol. The molecule has 0 saturated carbocycles. The van der Waals surface area contributed by atoms with E-state index in [0.717, 1.165) is 199 Å². The molecule has 0 aliphatic carbocycles. The van der Waals surface area contributed by atoms with E-state index < -0.39 is 0 Å². The molecule has 0 fully saturated rings. The van der Waals surface area contributed by atoms with Crippen LogP contribution in [0.4, 0.5) is 0 Å². The molecule has 604 valence electrons. The van der Waals surface area contributed by atoms with Crippen LogP contribution in [0.1, 0.15) is 0 Å². The second-order valence-corrected chi connectivity index (χ2v) is 31.7. The van der Waals surface area contributed by atoms with E-state index in [9.17, 15) is 0 Å². The highest BCUT2D eigenvalue weighted by atomic mass is 16.4. The van der Waals surface area contributed by atoms with Crippen LogP contribution in [-0.4, -0.2) is 49.8 Å². The summed E-state index contributed by atoms with van der Waals surface area (Å²) in [4.78, 5) is 49.2. The topological polar surface area (TPSA) is 168 Å². The molecule has 0 bridgehead atoms. The van der Waals surface area contributed by atoms with Gasteiger partial charge in [0.1, 0.15) is 16.6 Å². The van der Waals surface area contributed by atoms with Crippen molar-refractivity contribution < 1.29 is 13.3 Å². The number of hydrogen-bond donors (Lipinski definition) is 0. The van der Waals surface area contributed by atoms with Gasteiger partial charge in [0.15, 0.2) is 45.9 Å². The van der Waals surface area contributed by atoms with Crippen LogP contribution in [0.5, 0.6) is 0 Å². The van der Waals surface area contributed by atoms with Gasteiger partial charge in [-0.3, -0.25) is 0 Å². The van der Waals surface area contributed by atoms with Crippen molar-refractivity contribution in [3.63, 3.8) is 0 Å². The van der Waals surface area contributed by atoms with Crippen molar-refractivity contribution in [1.29, 1.82) is 0 Å². The molecule has 0 unspecified atom stereocenters. The predicted octanol–water partition coefficient (Wildman–Crippen LogP) is 29.8. The van der Waals surface area contributed by atoms with Crippen LogP contribution >= 0.6 is 0 Å². The van der Waals surface area contributed by atoms with Crippen molar-refractivity contribution in [1.82, 2.24) is 49.8 Å². The van der Waals surface area contributed by atoms with Crippen LogP contribution in [0.15, 0.2) is 450 Å². The SMILES string of the molecule is c1ccc(-c2cc(-c3ccccc3)nc(-c3ccc(-c4ccc5c(ccc6ccc7nc(-c8ccccc8)oc7c65)c4)cc3)n2)cc1.c1ccc(-c2cc(-c3ccccc3)nc(-c3ccc4ccc5ccc6nc(-c7ccccc7)oc6c5c4c3)n2)cc1.c1ccc(-c2nc(-c3ccccc3)nc(-c3ccc4ccc5ccc6nc(-c7ccccc7)oc6c5c4c3)n2)cc1. The number of fused-ring (bicyclic) bond motifs is 15. The lowest BCUT2D eigenvalue weighted by Gasteiger charge is -2.11. The third kappa shape index (κ3) is 15.0. The predicted molar refractivity (Wildman–Crippen MR) is 522 cm³/mol. The summed E-state index contributed by atoms with van der Waals surface area (Å²) in [6.07, 6.45) is 0. The van der Waals surface area contributed by atoms with Crippen molar-refractivity contribution in [3.05, 3.63) is 437 Å². The summed E-state index contributed by atoms with van der Waals surface area (Å²) >= 11 is 0. The quantitative estimate of drug-likeness (QED) is 0.100. The van der Waals surface area contributed by atoms with E-state index in [0.29, 0.717) is 46.8 Å². The van der Waals surface area contributed by atoms with Gasteiger partial charge in [0.2, 0.25) is 17.7 Å². The maximum Gasteiger partial charge on any atom is 0.227 e. The summed E-state index contributed by atoms with van der Waals surface area (Å²) in [6, 6.07) is 149. The van der Waals surface area contributed by atoms with E-state index in [-0.39, 0.29) is 0 Å². The number of oxazole rings is 3. The number of rotatable bonds is 13. The second-order valence-electron chi connectivity index (χ2n) is 31.7. The Morgan fingerprint density at radius 2 is 0.380 bits per heavy atom. The van der Waals surface area contributed by atoms with Crippen LogP contribution in [0.2, 0.25) is 0 Å². The van der Waals surface area contributed by atoms with E-state index in [4.69, 9.17) is 63.1 Å². The van der Waals surface area contributed by atoms with Gasteiger partial charge >= 0.3 is 0 Å². The Bertz CT molecular complexity index is 8010. The lowest BCUT2D eigenvalue weighted by atomic mass is 9.96. The van der Waals surface area contributed by atoms with Gasteiger partial charge in [-0.1, -0.05) is 352 Å². The minimum atomic E-state index is 0.610. The zero-order valence-electron chi connectivity index (χ0n) is 69.3. The van der Waals surface area contributed by atoms with Crippen molar-refractivity contribution in [2.45, 2.75) is 0 Å². The first kappa shape index (κ1) is 76.2. The van der Waals surface area contributed by atoms with Crippen molar-refractivity contribution >= 4 is 97.9 Å². The fourth-order valence-corrected chi connectivity index (χ4v) is 17.1. The lowest BCUT2D eigenvalue weighted by Crippen LogP contribution is -2.00. The highest BCUT2D eigenvalue weighted by Gasteiger charge is 2.22. The standard InChI is InChI=1S/C43H27N3O.C37H23N3O.C36H22N4O/c1-4-10-29(11-5-1)38-27-39(30-12-6-2-7-13-30)45-42(44-38)32-19-16-28(17-20-32)34-22-24-36-35(26-34)21-18-31-23-25-37-41(40(31)36)47-43(46-37)33-14-8-3-9-15-33;1-4-10-25(11-5-1)32-23-33(26-12-6-2-7-13-26)39-36(38-32)29-19-17-24-16-18-27-20-21-31-35(34(27)30(24)22-29)41-37(40-31)28-14-8-3-9-15-28;1-4-10-25(11-5-1)33-38-34(26-12-6-2-7-13-26)40-35(39-33)28-19-17-23-16-18-24-20-21-30-32(31(24)29(23)22-28)41-36(37-30)27-14-8-3-9-15-27/h1-27H;1-23H;1-22H. The third-order valence-electron chi connectivity index (χ3n) is 23.5. The average Bonchev–Trinajstić information content (AvgIpc) is 1.65. The van der Waals surface area contributed by atoms with Crippen LogP contribution < -0.4 is 0 Å². The molecule has 25 rings (SSSR count). The first-order valence-corrected chi connectivity index (χ1v) is 42.8. The lowest BCUT2D eigenvalue weighted by molar-refractivity contribution is 0.623. The van der Waals surface area contributed by atoms with Gasteiger partial charge in [-0.15, -0.1) is 0 Å². The van der Waals surface area contributed by atoms with Crippen molar-refractivity contribution in [3.8, 4) is 147 Å². The number of aromatic nitrogens is 10. The molecule has 0 saturated heterocycles. The summed E-state index contributed by atoms with van der Waals surface area (Å²) in [6.45, 7) is 0. The first-order chi connectivity index (χ1) is 63.9. The molecular formula is C116H72N10O3. The smallest absolute Gasteiger partial charge is 0.227 e. The molecule has 19 aromatic carbocycles. The molecule has 0 amide bonds. The van der Waals surface area contributed by atoms with Gasteiger partial charge in [-0.2, -0.15) is 0 Å². The Kier molecular flexibility index (Phi) is 19.6. The van der Waals surface area contributed by atoms with Gasteiger partial charge in [0.05, 0.1) is 22.8 Å². The summed E-state index contributed by atoms with van der Waals surface area (Å²) < 4.78 is 19.3. The van der Waals surface area contributed by atoms with Gasteiger partial charge in [-0.25, -0.2) is 49.8 Å². The Balaban J connectivity index is 0.000000111. The van der Waals surface area contributed by atoms with Gasteiger partial charge in [0.25, 0.3) is 0 Å². The summed E-state index contributed by atoms with van der Waals surface area (Å²) in [7, 11) is 0. The van der Waals surface area contributed by atoms with E-state index in [2.05, 4.69) is 194 Å². The number of nitrogens with zero attached hydrogens (tertiary/aromatic N) is 10. The largest absolute Gasteiger partial charge is 0.435 e. The number of benzene rings is 19. The molecular weight excluding hydrogens is 1580 g/mol. The van der Waals surface area contributed by atoms with Gasteiger partial charge in [-0.05, 0) is 145 Å². The van der Waals surface area contributed by atoms with Crippen LogP contribution in [0.25, 0.3) is 245 Å². The molecule has 0 spiro atoms. The van der Waals surface area contributed by atoms with Crippen molar-refractivity contribution in [2.75, 3.05) is 0 Å². The van der Waals surface area contributed by atoms with Gasteiger partial charge < -0.3 is 13.3 Å². The molecule has 0 N–H and O–H groups in total. The summed E-state index contributed by atoms with van der Waals surface area (Å²) in [5.41, 5.74) is 22.5. The van der Waals surface area contributed by atoms with E-state index in [1.54, 1.807) is 0 Å². The van der Waals surface area contributed by atoms with Crippen LogP contribution in [-0.2, 0) is 0 Å². The number of hydrogen-bond acceptors (Lipinski definition) is 13. The fourth-order valence-electron chi connectivity index (χ4n) is 17.1. The molecule has 13 heteroatoms. The van der Waals surface area contributed by atoms with Crippen LogP contribution in [0, 0.1) is 0 Å². The Morgan fingerprint density at radius 1 is 0.140 bits per heavy atom. The minimum Gasteiger partial charge on any atom is -0.435 e. The molecule has 6 heterocycles. The van der Waals surface area contributed by atoms with E-state index in [1.165, 1.54) is 0 Å². The summed E-state index contributed by atoms with van der Waals surface area (Å²) in [5, 5.41) is 13.1. The Labute approximate surface area is 740 Å². The van der Waals surface area contributed by atoms with E-state index >= 15 is 0 Å². The summed E-state index contributed by atoms with van der Waals surface area (Å²) in [5.74, 6) is 5.13. The van der Waals surface area contributed by atoms with Crippen LogP contribution in [0.3, 0.4) is 0 Å². The van der Waals surface area contributed by atoms with Crippen molar-refractivity contribution in [2.24, 2.45) is 0 Å². The highest BCUT2D eigenvalue weighted by Crippen LogP contribution is 2.43. The van der Waals surface area contributed by atoms with E-state index in [1.807, 2.05) is 243 Å². The zero-order chi connectivity index (χ0) is 85.5. The molecule has 6 aromatic heterocycles. The maximum atomic E-state index is 6.43. The Hall–Kier alpha value is -17.7. The molecule has 25 aromatic rings. The van der Waals surface area contributed by atoms with Gasteiger partial charge in [0, 0.05) is 82.9 Å². The molecule has 0 atom stereocenters. The first-order valence-electron chi connectivity index (χ1n) is 42.8. The Morgan fingerprint density at radius 3 is 0.729 bits per heavy atom. The molecule has 13 nitrogen and oxygen atoms in total. The molecule has 0 aliphatic heterocycles. The third-order valence-corrected chi connectivity index (χ3v) is 23.5. The monoisotopic (exact) mass is 1650 g/mol. The molecule has 0 aliphatic rings. The minimum absolute atomic E-state index is 0.610. The normalized spacial score (nSPS) is 11.4. The zero-order valence-corrected chi connectivity index (χ0v) is 69.3. The maximum absolute atomic E-state index is 6.43. The molecule has 0 radical (unpaired) electrons. The molecule has 129 heavy (non-hydrogen) atoms. The highest BCUT2D eigenvalue weighted by molar-refractivity contribution is 6.21.